The van der Waals surface area contributed by atoms with Crippen LogP contribution in [0, 0.1) is 0 Å². The SMILES string of the molecule is C=CC(=O)Nc1cccc(Oc2nc(Nc3ccc(N(C)CCOC)cc3)nc3[nH]ccc23)c1. The number of fused-ring (bicyclic) bond motifs is 1. The number of likely N-dealkylation sites (N-methyl/N-ethyl adjacent to an activating group) is 1. The standard InChI is InChI=1S/C25H26N6O3/c1-4-22(32)27-18-6-5-7-20(16-18)34-24-21-12-13-26-23(21)29-25(30-24)28-17-8-10-19(11-9-17)31(2)14-15-33-3/h4-13,16H,1,14-15H2,2-3H3,(H,27,32)(H2,26,28,29,30). The molecule has 4 rings (SSSR count). The molecule has 2 heterocycles. The van der Waals surface area contributed by atoms with Crippen LogP contribution in [0.2, 0.25) is 0 Å². The van der Waals surface area contributed by atoms with E-state index in [1.165, 1.54) is 6.08 Å². The molecule has 0 fully saturated rings. The zero-order valence-corrected chi connectivity index (χ0v) is 19.0. The fourth-order valence-corrected chi connectivity index (χ4v) is 3.27. The Morgan fingerprint density at radius 2 is 1.97 bits per heavy atom. The largest absolute Gasteiger partial charge is 0.438 e. The molecule has 0 radical (unpaired) electrons. The number of rotatable bonds is 10. The summed E-state index contributed by atoms with van der Waals surface area (Å²) in [6.45, 7) is 4.93. The lowest BCUT2D eigenvalue weighted by molar-refractivity contribution is -0.111. The number of carbonyl (C=O) groups excluding carboxylic acids is 1. The van der Waals surface area contributed by atoms with Crippen molar-refractivity contribution in [1.29, 1.82) is 0 Å². The zero-order chi connectivity index (χ0) is 23.9. The lowest BCUT2D eigenvalue weighted by atomic mass is 10.2. The molecule has 4 aromatic rings. The Labute approximate surface area is 197 Å². The molecule has 0 aliphatic heterocycles. The van der Waals surface area contributed by atoms with Crippen LogP contribution < -0.4 is 20.3 Å². The lowest BCUT2D eigenvalue weighted by Gasteiger charge is -2.19. The third-order valence-corrected chi connectivity index (χ3v) is 5.08. The van der Waals surface area contributed by atoms with Gasteiger partial charge in [-0.15, -0.1) is 0 Å². The molecule has 0 aliphatic carbocycles. The summed E-state index contributed by atoms with van der Waals surface area (Å²) in [4.78, 5) is 25.9. The van der Waals surface area contributed by atoms with Gasteiger partial charge in [-0.1, -0.05) is 12.6 Å². The van der Waals surface area contributed by atoms with E-state index in [4.69, 9.17) is 9.47 Å². The van der Waals surface area contributed by atoms with Crippen molar-refractivity contribution >= 4 is 40.0 Å². The second kappa shape index (κ2) is 10.5. The van der Waals surface area contributed by atoms with Gasteiger partial charge in [-0.2, -0.15) is 9.97 Å². The van der Waals surface area contributed by atoms with E-state index in [9.17, 15) is 4.79 Å². The number of nitrogens with one attached hydrogen (secondary N) is 3. The van der Waals surface area contributed by atoms with Gasteiger partial charge in [0.15, 0.2) is 0 Å². The van der Waals surface area contributed by atoms with Crippen molar-refractivity contribution < 1.29 is 14.3 Å². The predicted molar refractivity (Wildman–Crippen MR) is 134 cm³/mol. The maximum Gasteiger partial charge on any atom is 0.247 e. The first-order chi connectivity index (χ1) is 16.6. The molecule has 0 saturated carbocycles. The van der Waals surface area contributed by atoms with Crippen LogP contribution in [0.25, 0.3) is 11.0 Å². The van der Waals surface area contributed by atoms with E-state index in [-0.39, 0.29) is 5.91 Å². The molecule has 0 unspecified atom stereocenters. The molecule has 174 valence electrons. The summed E-state index contributed by atoms with van der Waals surface area (Å²) in [6.07, 6.45) is 2.99. The van der Waals surface area contributed by atoms with Crippen LogP contribution in [0.3, 0.4) is 0 Å². The van der Waals surface area contributed by atoms with Crippen LogP contribution in [0.15, 0.2) is 73.4 Å². The molecule has 0 atom stereocenters. The minimum Gasteiger partial charge on any atom is -0.438 e. The minimum atomic E-state index is -0.297. The first-order valence-corrected chi connectivity index (χ1v) is 10.7. The molecule has 0 aliphatic rings. The van der Waals surface area contributed by atoms with Gasteiger partial charge < -0.3 is 30.0 Å². The highest BCUT2D eigenvalue weighted by Gasteiger charge is 2.12. The first-order valence-electron chi connectivity index (χ1n) is 10.7. The van der Waals surface area contributed by atoms with Crippen LogP contribution in [0.1, 0.15) is 0 Å². The third kappa shape index (κ3) is 5.51. The van der Waals surface area contributed by atoms with Gasteiger partial charge in [0.05, 0.1) is 12.0 Å². The van der Waals surface area contributed by atoms with Gasteiger partial charge in [0.25, 0.3) is 0 Å². The Kier molecular flexibility index (Phi) is 7.04. The van der Waals surface area contributed by atoms with Gasteiger partial charge in [0, 0.05) is 50.0 Å². The van der Waals surface area contributed by atoms with Crippen LogP contribution >= 0.6 is 0 Å². The molecule has 0 spiro atoms. The number of benzene rings is 2. The van der Waals surface area contributed by atoms with Crippen molar-refractivity contribution in [2.45, 2.75) is 0 Å². The molecule has 34 heavy (non-hydrogen) atoms. The monoisotopic (exact) mass is 458 g/mol. The third-order valence-electron chi connectivity index (χ3n) is 5.08. The smallest absolute Gasteiger partial charge is 0.247 e. The fourth-order valence-electron chi connectivity index (χ4n) is 3.27. The second-order valence-electron chi connectivity index (χ2n) is 7.50. The number of anilines is 4. The average molecular weight is 459 g/mol. The second-order valence-corrected chi connectivity index (χ2v) is 7.50. The molecule has 0 saturated heterocycles. The fraction of sp³-hybridized carbons (Fsp3) is 0.160. The quantitative estimate of drug-likeness (QED) is 0.296. The summed E-state index contributed by atoms with van der Waals surface area (Å²) in [6, 6.07) is 16.9. The minimum absolute atomic E-state index is 0.297. The maximum absolute atomic E-state index is 11.6. The normalized spacial score (nSPS) is 10.6. The Balaban J connectivity index is 1.54. The summed E-state index contributed by atoms with van der Waals surface area (Å²) >= 11 is 0. The number of H-pyrrole nitrogens is 1. The number of carbonyl (C=O) groups is 1. The summed E-state index contributed by atoms with van der Waals surface area (Å²) in [5, 5.41) is 6.69. The highest BCUT2D eigenvalue weighted by molar-refractivity contribution is 5.99. The Morgan fingerprint density at radius 1 is 1.15 bits per heavy atom. The predicted octanol–water partition coefficient (Wildman–Crippen LogP) is 4.70. The molecular weight excluding hydrogens is 432 g/mol. The van der Waals surface area contributed by atoms with Crippen LogP contribution in [-0.2, 0) is 9.53 Å². The highest BCUT2D eigenvalue weighted by atomic mass is 16.5. The van der Waals surface area contributed by atoms with Crippen molar-refractivity contribution in [2.75, 3.05) is 42.8 Å². The number of aromatic nitrogens is 3. The van der Waals surface area contributed by atoms with E-state index in [1.807, 2.05) is 37.4 Å². The molecule has 9 heteroatoms. The maximum atomic E-state index is 11.6. The zero-order valence-electron chi connectivity index (χ0n) is 19.0. The molecule has 2 aromatic carbocycles. The molecule has 9 nitrogen and oxygen atoms in total. The van der Waals surface area contributed by atoms with Gasteiger partial charge in [0.1, 0.15) is 11.4 Å². The topological polar surface area (TPSA) is 104 Å². The van der Waals surface area contributed by atoms with Gasteiger partial charge in [-0.05, 0) is 48.5 Å². The first kappa shape index (κ1) is 22.8. The van der Waals surface area contributed by atoms with Crippen molar-refractivity contribution in [2.24, 2.45) is 0 Å². The number of amides is 1. The van der Waals surface area contributed by atoms with E-state index in [0.717, 1.165) is 23.3 Å². The summed E-state index contributed by atoms with van der Waals surface area (Å²) in [7, 11) is 3.71. The van der Waals surface area contributed by atoms with Gasteiger partial charge in [-0.25, -0.2) is 0 Å². The van der Waals surface area contributed by atoms with Gasteiger partial charge in [0.2, 0.25) is 17.7 Å². The lowest BCUT2D eigenvalue weighted by Crippen LogP contribution is -2.21. The van der Waals surface area contributed by atoms with Crippen molar-refractivity contribution in [1.82, 2.24) is 15.0 Å². The van der Waals surface area contributed by atoms with Crippen LogP contribution in [0.4, 0.5) is 23.0 Å². The van der Waals surface area contributed by atoms with Crippen molar-refractivity contribution in [3.05, 3.63) is 73.4 Å². The number of ether oxygens (including phenoxy) is 2. The van der Waals surface area contributed by atoms with E-state index in [2.05, 4.69) is 37.1 Å². The number of hydrogen-bond acceptors (Lipinski definition) is 7. The highest BCUT2D eigenvalue weighted by Crippen LogP contribution is 2.30. The molecule has 1 amide bonds. The summed E-state index contributed by atoms with van der Waals surface area (Å²) in [5.74, 6) is 1.01. The van der Waals surface area contributed by atoms with E-state index < -0.39 is 0 Å². The Bertz CT molecular complexity index is 1290. The Morgan fingerprint density at radius 3 is 2.74 bits per heavy atom. The van der Waals surface area contributed by atoms with E-state index >= 15 is 0 Å². The van der Waals surface area contributed by atoms with Gasteiger partial charge >= 0.3 is 0 Å². The van der Waals surface area contributed by atoms with Crippen LogP contribution in [-0.4, -0.2) is 48.2 Å². The summed E-state index contributed by atoms with van der Waals surface area (Å²) < 4.78 is 11.2. The number of aromatic amines is 1. The van der Waals surface area contributed by atoms with Crippen molar-refractivity contribution in [3.63, 3.8) is 0 Å². The number of hydrogen-bond donors (Lipinski definition) is 3. The van der Waals surface area contributed by atoms with E-state index in [0.29, 0.717) is 35.5 Å². The van der Waals surface area contributed by atoms with E-state index in [1.54, 1.807) is 37.6 Å². The van der Waals surface area contributed by atoms with Crippen LogP contribution in [0.5, 0.6) is 11.6 Å². The Hall–Kier alpha value is -4.37. The summed E-state index contributed by atoms with van der Waals surface area (Å²) in [5.41, 5.74) is 3.15. The molecule has 2 aromatic heterocycles. The van der Waals surface area contributed by atoms with Gasteiger partial charge in [-0.3, -0.25) is 4.79 Å². The molecule has 3 N–H and O–H groups in total. The average Bonchev–Trinajstić information content (AvgIpc) is 3.32. The molecular formula is C25H26N6O3. The number of nitrogens with zero attached hydrogens (tertiary/aromatic N) is 3. The molecule has 0 bridgehead atoms. The van der Waals surface area contributed by atoms with Crippen molar-refractivity contribution in [3.8, 4) is 11.6 Å². The number of methoxy groups -OCH3 is 1.